The van der Waals surface area contributed by atoms with Crippen LogP contribution in [0.4, 0.5) is 11.8 Å². The predicted octanol–water partition coefficient (Wildman–Crippen LogP) is 2.60. The molecule has 0 saturated carbocycles. The largest absolute Gasteiger partial charge is 0.384 e. The van der Waals surface area contributed by atoms with Crippen molar-refractivity contribution in [2.24, 2.45) is 11.8 Å². The van der Waals surface area contributed by atoms with Gasteiger partial charge in [-0.15, -0.1) is 0 Å². The molecule has 7 nitrogen and oxygen atoms in total. The second-order valence-corrected chi connectivity index (χ2v) is 9.18. The molecule has 1 aromatic carbocycles. The van der Waals surface area contributed by atoms with Crippen LogP contribution in [0, 0.1) is 11.8 Å². The van der Waals surface area contributed by atoms with Crippen molar-refractivity contribution in [3.8, 4) is 0 Å². The lowest BCUT2D eigenvalue weighted by Crippen LogP contribution is -2.41. The van der Waals surface area contributed by atoms with E-state index in [9.17, 15) is 4.79 Å². The number of rotatable bonds is 5. The highest BCUT2D eigenvalue weighted by Gasteiger charge is 2.63. The SMILES string of the molecule is CC(C)c1cccc(C(=O)NC[C@H]2[C@H]3CN(c4nccc(N)n4)C[C@]34CC[C@H]2O4)c1. The van der Waals surface area contributed by atoms with Crippen LogP contribution in [0.15, 0.2) is 36.5 Å². The number of ether oxygens (including phenoxy) is 1. The first-order chi connectivity index (χ1) is 14.4. The predicted molar refractivity (Wildman–Crippen MR) is 115 cm³/mol. The Morgan fingerprint density at radius 1 is 1.40 bits per heavy atom. The first kappa shape index (κ1) is 19.3. The number of hydrogen-bond acceptors (Lipinski definition) is 6. The smallest absolute Gasteiger partial charge is 0.251 e. The van der Waals surface area contributed by atoms with Crippen molar-refractivity contribution in [3.63, 3.8) is 0 Å². The van der Waals surface area contributed by atoms with Crippen LogP contribution in [0.2, 0.25) is 0 Å². The quantitative estimate of drug-likeness (QED) is 0.791. The third kappa shape index (κ3) is 3.21. The lowest BCUT2D eigenvalue weighted by molar-refractivity contribution is 0.0141. The number of amides is 1. The van der Waals surface area contributed by atoms with Crippen LogP contribution in [0.25, 0.3) is 0 Å². The molecule has 7 heteroatoms. The Bertz CT molecular complexity index is 964. The molecule has 3 N–H and O–H groups in total. The number of nitrogens with one attached hydrogen (secondary N) is 1. The van der Waals surface area contributed by atoms with E-state index >= 15 is 0 Å². The molecular weight excluding hydrogens is 378 g/mol. The summed E-state index contributed by atoms with van der Waals surface area (Å²) >= 11 is 0. The summed E-state index contributed by atoms with van der Waals surface area (Å²) in [5.41, 5.74) is 7.61. The standard InChI is InChI=1S/C23H29N5O2/c1-14(2)15-4-3-5-16(10-15)21(29)26-11-17-18-12-28(22-25-9-7-20(24)27-22)13-23(18)8-6-19(17)30-23/h3-5,7,9-10,14,17-19H,6,8,11-13H2,1-2H3,(H,26,29)(H2,24,25,27)/t17-,18+,19+,23+/m0/s1. The van der Waals surface area contributed by atoms with Gasteiger partial charge in [-0.1, -0.05) is 26.0 Å². The molecule has 4 atom stereocenters. The summed E-state index contributed by atoms with van der Waals surface area (Å²) in [7, 11) is 0. The van der Waals surface area contributed by atoms with E-state index in [1.165, 1.54) is 5.56 Å². The molecule has 0 radical (unpaired) electrons. The van der Waals surface area contributed by atoms with E-state index in [0.717, 1.165) is 31.5 Å². The Balaban J connectivity index is 1.28. The Labute approximate surface area is 177 Å². The molecule has 158 valence electrons. The summed E-state index contributed by atoms with van der Waals surface area (Å²) in [5.74, 6) is 2.20. The van der Waals surface area contributed by atoms with Crippen molar-refractivity contribution in [2.75, 3.05) is 30.3 Å². The maximum absolute atomic E-state index is 12.8. The van der Waals surface area contributed by atoms with Crippen molar-refractivity contribution in [2.45, 2.75) is 44.3 Å². The molecule has 1 amide bonds. The normalized spacial score (nSPS) is 29.4. The van der Waals surface area contributed by atoms with Gasteiger partial charge in [0.25, 0.3) is 5.91 Å². The third-order valence-corrected chi connectivity index (χ3v) is 7.04. The minimum Gasteiger partial charge on any atom is -0.384 e. The number of aromatic nitrogens is 2. The summed E-state index contributed by atoms with van der Waals surface area (Å²) in [4.78, 5) is 23.8. The summed E-state index contributed by atoms with van der Waals surface area (Å²) < 4.78 is 6.49. The Morgan fingerprint density at radius 2 is 2.27 bits per heavy atom. The van der Waals surface area contributed by atoms with Crippen molar-refractivity contribution < 1.29 is 9.53 Å². The number of nitrogen functional groups attached to an aromatic ring is 1. The number of nitrogens with zero attached hydrogens (tertiary/aromatic N) is 3. The monoisotopic (exact) mass is 407 g/mol. The van der Waals surface area contributed by atoms with Gasteiger partial charge in [-0.2, -0.15) is 4.98 Å². The zero-order chi connectivity index (χ0) is 20.9. The average Bonchev–Trinajstić information content (AvgIpc) is 3.41. The van der Waals surface area contributed by atoms with Crippen LogP contribution >= 0.6 is 0 Å². The number of fused-ring (bicyclic) bond motifs is 1. The number of nitrogens with two attached hydrogens (primary N) is 1. The van der Waals surface area contributed by atoms with Crippen LogP contribution in [0.3, 0.4) is 0 Å². The van der Waals surface area contributed by atoms with Gasteiger partial charge in [0.2, 0.25) is 5.95 Å². The fourth-order valence-corrected chi connectivity index (χ4v) is 5.48. The molecule has 0 unspecified atom stereocenters. The molecule has 5 rings (SSSR count). The second kappa shape index (κ2) is 7.23. The van der Waals surface area contributed by atoms with Gasteiger partial charge >= 0.3 is 0 Å². The highest BCUT2D eigenvalue weighted by atomic mass is 16.5. The van der Waals surface area contributed by atoms with E-state index in [4.69, 9.17) is 10.5 Å². The minimum atomic E-state index is -0.147. The van der Waals surface area contributed by atoms with Gasteiger partial charge < -0.3 is 20.7 Å². The maximum atomic E-state index is 12.8. The van der Waals surface area contributed by atoms with Gasteiger partial charge in [-0.25, -0.2) is 4.98 Å². The van der Waals surface area contributed by atoms with Crippen LogP contribution < -0.4 is 16.0 Å². The van der Waals surface area contributed by atoms with Gasteiger partial charge in [0.1, 0.15) is 5.82 Å². The Kier molecular flexibility index (Phi) is 4.65. The van der Waals surface area contributed by atoms with Gasteiger partial charge in [0, 0.05) is 36.7 Å². The zero-order valence-corrected chi connectivity index (χ0v) is 17.5. The van der Waals surface area contributed by atoms with Crippen molar-refractivity contribution in [1.29, 1.82) is 0 Å². The molecule has 4 heterocycles. The average molecular weight is 408 g/mol. The Morgan fingerprint density at radius 3 is 3.07 bits per heavy atom. The molecule has 2 aromatic rings. The summed E-state index contributed by atoms with van der Waals surface area (Å²) in [6.45, 7) is 6.53. The lowest BCUT2D eigenvalue weighted by atomic mass is 9.73. The van der Waals surface area contributed by atoms with E-state index in [1.807, 2.05) is 18.2 Å². The van der Waals surface area contributed by atoms with Crippen LogP contribution in [-0.2, 0) is 4.74 Å². The Hall–Kier alpha value is -2.67. The molecule has 3 fully saturated rings. The molecule has 3 aliphatic rings. The van der Waals surface area contributed by atoms with E-state index in [2.05, 4.69) is 40.1 Å². The maximum Gasteiger partial charge on any atom is 0.251 e. The third-order valence-electron chi connectivity index (χ3n) is 7.04. The fraction of sp³-hybridized carbons (Fsp3) is 0.522. The number of hydrogen-bond donors (Lipinski definition) is 2. The van der Waals surface area contributed by atoms with E-state index in [-0.39, 0.29) is 17.6 Å². The number of carbonyl (C=O) groups is 1. The molecule has 3 saturated heterocycles. The highest BCUT2D eigenvalue weighted by Crippen LogP contribution is 2.55. The highest BCUT2D eigenvalue weighted by molar-refractivity contribution is 5.94. The van der Waals surface area contributed by atoms with Crippen molar-refractivity contribution >= 4 is 17.7 Å². The molecule has 30 heavy (non-hydrogen) atoms. The topological polar surface area (TPSA) is 93.4 Å². The van der Waals surface area contributed by atoms with E-state index in [0.29, 0.717) is 36.1 Å². The minimum absolute atomic E-state index is 0.0108. The molecule has 2 bridgehead atoms. The molecule has 1 spiro atoms. The van der Waals surface area contributed by atoms with Gasteiger partial charge in [0.05, 0.1) is 18.2 Å². The summed E-state index contributed by atoms with van der Waals surface area (Å²) in [5, 5.41) is 3.18. The van der Waals surface area contributed by atoms with E-state index < -0.39 is 0 Å². The number of carbonyl (C=O) groups excluding carboxylic acids is 1. The first-order valence-electron chi connectivity index (χ1n) is 10.8. The van der Waals surface area contributed by atoms with Gasteiger partial charge in [-0.3, -0.25) is 4.79 Å². The molecule has 1 aromatic heterocycles. The van der Waals surface area contributed by atoms with Crippen molar-refractivity contribution in [1.82, 2.24) is 15.3 Å². The second-order valence-electron chi connectivity index (χ2n) is 9.18. The van der Waals surface area contributed by atoms with Gasteiger partial charge in [-0.05, 0) is 42.5 Å². The lowest BCUT2D eigenvalue weighted by Gasteiger charge is -2.29. The molecule has 0 aliphatic carbocycles. The number of anilines is 2. The van der Waals surface area contributed by atoms with Crippen LogP contribution in [0.5, 0.6) is 0 Å². The van der Waals surface area contributed by atoms with Crippen molar-refractivity contribution in [3.05, 3.63) is 47.7 Å². The zero-order valence-electron chi connectivity index (χ0n) is 17.5. The van der Waals surface area contributed by atoms with Crippen LogP contribution in [0.1, 0.15) is 48.5 Å². The molecular formula is C23H29N5O2. The summed E-state index contributed by atoms with van der Waals surface area (Å²) in [6.07, 6.45) is 4.03. The number of benzene rings is 1. The van der Waals surface area contributed by atoms with Crippen LogP contribution in [-0.4, -0.2) is 47.2 Å². The van der Waals surface area contributed by atoms with Gasteiger partial charge in [0.15, 0.2) is 0 Å². The van der Waals surface area contributed by atoms with E-state index in [1.54, 1.807) is 12.3 Å². The summed E-state index contributed by atoms with van der Waals surface area (Å²) in [6, 6.07) is 9.61. The molecule has 3 aliphatic heterocycles. The first-order valence-corrected chi connectivity index (χ1v) is 10.8. The fourth-order valence-electron chi connectivity index (χ4n) is 5.48.